The van der Waals surface area contributed by atoms with Gasteiger partial charge in [-0.3, -0.25) is 0 Å². The smallest absolute Gasteiger partial charge is 0.125 e. The summed E-state index contributed by atoms with van der Waals surface area (Å²) in [5.41, 5.74) is 7.13. The molecule has 0 bridgehead atoms. The van der Waals surface area contributed by atoms with Gasteiger partial charge in [-0.2, -0.15) is 0 Å². The van der Waals surface area contributed by atoms with Crippen LogP contribution in [0, 0.1) is 5.82 Å². The molecule has 1 aromatic rings. The summed E-state index contributed by atoms with van der Waals surface area (Å²) in [6.45, 7) is 0.325. The van der Waals surface area contributed by atoms with E-state index in [2.05, 4.69) is 0 Å². The molecule has 0 aromatic heterocycles. The zero-order valence-corrected chi connectivity index (χ0v) is 10.8. The lowest BCUT2D eigenvalue weighted by molar-refractivity contribution is 0.106. The Morgan fingerprint density at radius 1 is 1.33 bits per heavy atom. The predicted octanol–water partition coefficient (Wildman–Crippen LogP) is 2.02. The molecule has 2 unspecified atom stereocenters. The summed E-state index contributed by atoms with van der Waals surface area (Å²) < 4.78 is 13.5. The molecule has 2 rings (SSSR count). The van der Waals surface area contributed by atoms with Gasteiger partial charge in [0.2, 0.25) is 0 Å². The quantitative estimate of drug-likeness (QED) is 0.865. The van der Waals surface area contributed by atoms with Gasteiger partial charge in [0, 0.05) is 19.3 Å². The normalized spacial score (nSPS) is 24.0. The highest BCUT2D eigenvalue weighted by Crippen LogP contribution is 2.27. The second kappa shape index (κ2) is 5.67. The van der Waals surface area contributed by atoms with Gasteiger partial charge in [0.15, 0.2) is 0 Å². The second-order valence-electron chi connectivity index (χ2n) is 5.05. The van der Waals surface area contributed by atoms with E-state index in [9.17, 15) is 9.50 Å². The summed E-state index contributed by atoms with van der Waals surface area (Å²) in [6, 6.07) is 4.92. The largest absolute Gasteiger partial charge is 0.391 e. The number of likely N-dealkylation sites (N-methyl/N-ethyl adjacent to an activating group) is 1. The standard InChI is InChI=1S/C14H21FN2O/c1-17(13-4-2-3-5-14(13)18)12-7-10(9-16)6-11(15)8-12/h6-8,13-14,18H,2-5,9,16H2,1H3. The van der Waals surface area contributed by atoms with Crippen molar-refractivity contribution < 1.29 is 9.50 Å². The molecule has 18 heavy (non-hydrogen) atoms. The van der Waals surface area contributed by atoms with Crippen molar-refractivity contribution in [2.24, 2.45) is 5.73 Å². The first-order valence-corrected chi connectivity index (χ1v) is 6.52. The monoisotopic (exact) mass is 252 g/mol. The van der Waals surface area contributed by atoms with Crippen LogP contribution in [0.25, 0.3) is 0 Å². The van der Waals surface area contributed by atoms with Crippen molar-refractivity contribution >= 4 is 5.69 Å². The average molecular weight is 252 g/mol. The van der Waals surface area contributed by atoms with Gasteiger partial charge in [-0.1, -0.05) is 12.8 Å². The molecule has 0 heterocycles. The first-order valence-electron chi connectivity index (χ1n) is 6.52. The van der Waals surface area contributed by atoms with Crippen LogP contribution < -0.4 is 10.6 Å². The van der Waals surface area contributed by atoms with Gasteiger partial charge in [0.25, 0.3) is 0 Å². The van der Waals surface area contributed by atoms with Crippen LogP contribution >= 0.6 is 0 Å². The van der Waals surface area contributed by atoms with Crippen molar-refractivity contribution in [2.75, 3.05) is 11.9 Å². The number of halogens is 1. The van der Waals surface area contributed by atoms with E-state index in [0.29, 0.717) is 6.54 Å². The molecule has 3 N–H and O–H groups in total. The van der Waals surface area contributed by atoms with Gasteiger partial charge in [-0.05, 0) is 36.6 Å². The predicted molar refractivity (Wildman–Crippen MR) is 71.0 cm³/mol. The Labute approximate surface area is 107 Å². The van der Waals surface area contributed by atoms with E-state index in [1.807, 2.05) is 18.0 Å². The first kappa shape index (κ1) is 13.3. The van der Waals surface area contributed by atoms with Gasteiger partial charge in [0.05, 0.1) is 12.1 Å². The van der Waals surface area contributed by atoms with E-state index in [1.54, 1.807) is 0 Å². The summed E-state index contributed by atoms with van der Waals surface area (Å²) >= 11 is 0. The van der Waals surface area contributed by atoms with Crippen molar-refractivity contribution in [3.8, 4) is 0 Å². The Balaban J connectivity index is 2.21. The summed E-state index contributed by atoms with van der Waals surface area (Å²) in [4.78, 5) is 1.98. The van der Waals surface area contributed by atoms with Gasteiger partial charge >= 0.3 is 0 Å². The van der Waals surface area contributed by atoms with Crippen molar-refractivity contribution in [3.63, 3.8) is 0 Å². The Hall–Kier alpha value is -1.13. The van der Waals surface area contributed by atoms with Gasteiger partial charge in [0.1, 0.15) is 5.82 Å². The number of nitrogens with two attached hydrogens (primary N) is 1. The molecule has 1 aromatic carbocycles. The molecule has 0 spiro atoms. The van der Waals surface area contributed by atoms with Crippen LogP contribution in [0.5, 0.6) is 0 Å². The molecule has 1 fully saturated rings. The zero-order valence-electron chi connectivity index (χ0n) is 10.8. The molecule has 1 saturated carbocycles. The molecule has 1 aliphatic carbocycles. The Bertz CT molecular complexity index is 411. The van der Waals surface area contributed by atoms with Crippen molar-refractivity contribution in [1.29, 1.82) is 0 Å². The lowest BCUT2D eigenvalue weighted by atomic mass is 9.91. The van der Waals surface area contributed by atoms with Crippen molar-refractivity contribution in [1.82, 2.24) is 0 Å². The topological polar surface area (TPSA) is 49.5 Å². The van der Waals surface area contributed by atoms with Gasteiger partial charge in [-0.15, -0.1) is 0 Å². The molecular formula is C14H21FN2O. The van der Waals surface area contributed by atoms with Crippen LogP contribution in [0.3, 0.4) is 0 Å². The number of rotatable bonds is 3. The Kier molecular flexibility index (Phi) is 4.19. The third-order valence-corrected chi connectivity index (χ3v) is 3.78. The highest BCUT2D eigenvalue weighted by atomic mass is 19.1. The van der Waals surface area contributed by atoms with Crippen LogP contribution in [-0.2, 0) is 6.54 Å². The molecule has 0 aliphatic heterocycles. The SMILES string of the molecule is CN(c1cc(F)cc(CN)c1)C1CCCCC1O. The molecular weight excluding hydrogens is 231 g/mol. The summed E-state index contributed by atoms with van der Waals surface area (Å²) in [5.74, 6) is -0.273. The number of benzene rings is 1. The number of aliphatic hydroxyl groups excluding tert-OH is 1. The second-order valence-corrected chi connectivity index (χ2v) is 5.05. The van der Waals surface area contributed by atoms with Crippen molar-refractivity contribution in [3.05, 3.63) is 29.6 Å². The molecule has 0 saturated heterocycles. The summed E-state index contributed by atoms with van der Waals surface area (Å²) in [6.07, 6.45) is 3.64. The summed E-state index contributed by atoms with van der Waals surface area (Å²) in [7, 11) is 1.91. The number of nitrogens with zero attached hydrogens (tertiary/aromatic N) is 1. The molecule has 100 valence electrons. The van der Waals surface area contributed by atoms with Crippen LogP contribution in [0.15, 0.2) is 18.2 Å². The lowest BCUT2D eigenvalue weighted by Gasteiger charge is -2.36. The molecule has 2 atom stereocenters. The third kappa shape index (κ3) is 2.82. The summed E-state index contributed by atoms with van der Waals surface area (Å²) in [5, 5.41) is 10.0. The lowest BCUT2D eigenvalue weighted by Crippen LogP contribution is -2.43. The van der Waals surface area contributed by atoms with Gasteiger partial charge < -0.3 is 15.7 Å². The van der Waals surface area contributed by atoms with E-state index < -0.39 is 0 Å². The number of anilines is 1. The maximum absolute atomic E-state index is 13.5. The number of hydrogen-bond acceptors (Lipinski definition) is 3. The maximum Gasteiger partial charge on any atom is 0.125 e. The van der Waals surface area contributed by atoms with Crippen molar-refractivity contribution in [2.45, 2.75) is 44.4 Å². The molecule has 4 heteroatoms. The van der Waals surface area contributed by atoms with E-state index in [-0.39, 0.29) is 18.0 Å². The van der Waals surface area contributed by atoms with E-state index in [4.69, 9.17) is 5.73 Å². The highest BCUT2D eigenvalue weighted by molar-refractivity contribution is 5.49. The van der Waals surface area contributed by atoms with Crippen LogP contribution in [-0.4, -0.2) is 24.3 Å². The van der Waals surface area contributed by atoms with Crippen LogP contribution in [0.4, 0.5) is 10.1 Å². The number of aliphatic hydroxyl groups is 1. The van der Waals surface area contributed by atoms with E-state index in [0.717, 1.165) is 36.9 Å². The minimum absolute atomic E-state index is 0.0752. The molecule has 1 aliphatic rings. The fourth-order valence-electron chi connectivity index (χ4n) is 2.69. The first-order chi connectivity index (χ1) is 8.61. The average Bonchev–Trinajstić information content (AvgIpc) is 2.37. The maximum atomic E-state index is 13.5. The fourth-order valence-corrected chi connectivity index (χ4v) is 2.69. The van der Waals surface area contributed by atoms with Crippen LogP contribution in [0.1, 0.15) is 31.2 Å². The van der Waals surface area contributed by atoms with E-state index >= 15 is 0 Å². The highest BCUT2D eigenvalue weighted by Gasteiger charge is 2.27. The molecule has 3 nitrogen and oxygen atoms in total. The Morgan fingerprint density at radius 2 is 2.06 bits per heavy atom. The Morgan fingerprint density at radius 3 is 2.72 bits per heavy atom. The third-order valence-electron chi connectivity index (χ3n) is 3.78. The number of hydrogen-bond donors (Lipinski definition) is 2. The molecule has 0 amide bonds. The fraction of sp³-hybridized carbons (Fsp3) is 0.571. The van der Waals surface area contributed by atoms with Crippen LogP contribution in [0.2, 0.25) is 0 Å². The molecule has 0 radical (unpaired) electrons. The zero-order chi connectivity index (χ0) is 13.1. The minimum Gasteiger partial charge on any atom is -0.391 e. The minimum atomic E-state index is -0.326. The van der Waals surface area contributed by atoms with E-state index in [1.165, 1.54) is 12.1 Å². The van der Waals surface area contributed by atoms with Gasteiger partial charge in [-0.25, -0.2) is 4.39 Å².